The minimum Gasteiger partial charge on any atom is -0.507 e. The largest absolute Gasteiger partial charge is 0.507 e. The van der Waals surface area contributed by atoms with Crippen LogP contribution in [0.2, 0.25) is 0 Å². The molecule has 2 aromatic heterocycles. The predicted molar refractivity (Wildman–Crippen MR) is 112 cm³/mol. The summed E-state index contributed by atoms with van der Waals surface area (Å²) in [6.07, 6.45) is 1.83. The molecular weight excluding hydrogens is 440 g/mol. The molecule has 4 rings (SSSR count). The van der Waals surface area contributed by atoms with Gasteiger partial charge in [-0.15, -0.1) is 0 Å². The molecule has 170 valence electrons. The Hall–Kier alpha value is -3.29. The number of ether oxygens (including phenoxy) is 1. The van der Waals surface area contributed by atoms with Crippen LogP contribution in [0.3, 0.4) is 0 Å². The summed E-state index contributed by atoms with van der Waals surface area (Å²) in [5, 5.41) is 9.72. The molecule has 12 nitrogen and oxygen atoms in total. The number of nitrogens with one attached hydrogen (secondary N) is 1. The molecule has 0 bridgehead atoms. The third-order valence-corrected chi connectivity index (χ3v) is 6.48. The molecule has 4 atom stereocenters. The van der Waals surface area contributed by atoms with E-state index in [-0.39, 0.29) is 35.6 Å². The maximum absolute atomic E-state index is 12.3. The van der Waals surface area contributed by atoms with Gasteiger partial charge in [0.15, 0.2) is 11.5 Å². The van der Waals surface area contributed by atoms with Crippen LogP contribution in [0.25, 0.3) is 11.2 Å². The summed E-state index contributed by atoms with van der Waals surface area (Å²) in [7, 11) is -4.43. The van der Waals surface area contributed by atoms with Crippen molar-refractivity contribution in [3.63, 3.8) is 0 Å². The molecule has 0 unspecified atom stereocenters. The zero-order valence-corrected chi connectivity index (χ0v) is 18.1. The van der Waals surface area contributed by atoms with Crippen LogP contribution in [0.15, 0.2) is 36.9 Å². The molecule has 32 heavy (non-hydrogen) atoms. The van der Waals surface area contributed by atoms with Crippen molar-refractivity contribution in [3.05, 3.63) is 42.5 Å². The summed E-state index contributed by atoms with van der Waals surface area (Å²) in [5.74, 6) is -1.21. The zero-order valence-electron chi connectivity index (χ0n) is 17.2. The van der Waals surface area contributed by atoms with Crippen molar-refractivity contribution >= 4 is 33.2 Å². The smallest absolute Gasteiger partial charge is 0.362 e. The number of imidazole rings is 1. The third-order valence-electron chi connectivity index (χ3n) is 5.59. The monoisotopic (exact) mass is 462 g/mol. The molecule has 0 aliphatic carbocycles. The minimum absolute atomic E-state index is 0.0317. The second kappa shape index (κ2) is 8.33. The number of nitrogen functional groups attached to an aromatic ring is 1. The minimum atomic E-state index is -4.43. The molecule has 1 aromatic carbocycles. The Morgan fingerprint density at radius 3 is 2.75 bits per heavy atom. The van der Waals surface area contributed by atoms with Crippen LogP contribution in [-0.4, -0.2) is 51.7 Å². The van der Waals surface area contributed by atoms with Gasteiger partial charge in [0.2, 0.25) is 0 Å². The number of hydrogen-bond acceptors (Lipinski definition) is 10. The standard InChI is InChI=1S/C19H22N6O6S/c1-10-11(2)19(25-9-23-15-16(20)21-8-22-17(15)25)31-14(10)7-30-32(28,29)24-18(27)12-5-3-4-6-13(12)26/h3-6,8-11,14,19,26H,7H2,1-2H3,(H,24,27)(H2,20,21,22)/t10-,11+,14+,19+/m0/s1. The fraction of sp³-hybridized carbons (Fsp3) is 0.368. The first-order valence-electron chi connectivity index (χ1n) is 9.76. The number of phenolic OH excluding ortho intramolecular Hbond substituents is 1. The fourth-order valence-electron chi connectivity index (χ4n) is 3.61. The molecule has 1 aliphatic rings. The Balaban J connectivity index is 1.44. The van der Waals surface area contributed by atoms with Crippen LogP contribution in [0.5, 0.6) is 5.75 Å². The van der Waals surface area contributed by atoms with Gasteiger partial charge in [-0.25, -0.2) is 19.7 Å². The maximum atomic E-state index is 12.3. The van der Waals surface area contributed by atoms with Crippen molar-refractivity contribution in [1.29, 1.82) is 0 Å². The number of hydrogen-bond donors (Lipinski definition) is 3. The van der Waals surface area contributed by atoms with Gasteiger partial charge >= 0.3 is 10.3 Å². The highest BCUT2D eigenvalue weighted by molar-refractivity contribution is 7.85. The molecule has 13 heteroatoms. The van der Waals surface area contributed by atoms with Gasteiger partial charge in [-0.1, -0.05) is 26.0 Å². The molecule has 3 aromatic rings. The molecular formula is C19H22N6O6S. The average Bonchev–Trinajstić information content (AvgIpc) is 3.29. The van der Waals surface area contributed by atoms with E-state index in [9.17, 15) is 18.3 Å². The first-order valence-corrected chi connectivity index (χ1v) is 11.2. The molecule has 1 aliphatic heterocycles. The third kappa shape index (κ3) is 4.09. The lowest BCUT2D eigenvalue weighted by Crippen LogP contribution is -2.35. The second-order valence-electron chi connectivity index (χ2n) is 7.55. The number of rotatable bonds is 6. The number of para-hydroxylation sites is 1. The SMILES string of the molecule is C[C@@H]1[C@H](C)[C@@H](COS(=O)(=O)NC(=O)c2ccccc2O)O[C@H]1n1cnc2c(N)ncnc21. The Bertz CT molecular complexity index is 1260. The van der Waals surface area contributed by atoms with E-state index in [0.29, 0.717) is 11.2 Å². The second-order valence-corrected chi connectivity index (χ2v) is 8.90. The van der Waals surface area contributed by atoms with Crippen molar-refractivity contribution in [1.82, 2.24) is 24.2 Å². The van der Waals surface area contributed by atoms with Crippen LogP contribution in [0, 0.1) is 11.8 Å². The number of anilines is 1. The topological polar surface area (TPSA) is 172 Å². The molecule has 1 saturated heterocycles. The number of phenols is 1. The highest BCUT2D eigenvalue weighted by atomic mass is 32.2. The zero-order chi connectivity index (χ0) is 23.0. The molecule has 1 amide bonds. The number of aromatic nitrogens is 4. The van der Waals surface area contributed by atoms with E-state index in [4.69, 9.17) is 14.7 Å². The predicted octanol–water partition coefficient (Wildman–Crippen LogP) is 0.975. The molecule has 4 N–H and O–H groups in total. The van der Waals surface area contributed by atoms with Gasteiger partial charge in [-0.05, 0) is 18.1 Å². The van der Waals surface area contributed by atoms with E-state index in [1.807, 2.05) is 13.8 Å². The number of nitrogens with two attached hydrogens (primary N) is 1. The summed E-state index contributed by atoms with van der Waals surface area (Å²) in [6, 6.07) is 5.57. The van der Waals surface area contributed by atoms with Gasteiger partial charge in [0.25, 0.3) is 5.91 Å². The van der Waals surface area contributed by atoms with Gasteiger partial charge in [-0.2, -0.15) is 8.42 Å². The number of amides is 1. The van der Waals surface area contributed by atoms with E-state index in [2.05, 4.69) is 15.0 Å². The number of aromatic hydroxyl groups is 1. The van der Waals surface area contributed by atoms with Crippen molar-refractivity contribution < 1.29 is 27.2 Å². The van der Waals surface area contributed by atoms with Gasteiger partial charge < -0.3 is 15.6 Å². The number of carbonyl (C=O) groups excluding carboxylic acids is 1. The van der Waals surface area contributed by atoms with Crippen molar-refractivity contribution in [2.75, 3.05) is 12.3 Å². The molecule has 0 spiro atoms. The summed E-state index contributed by atoms with van der Waals surface area (Å²) in [6.45, 7) is 3.56. The lowest BCUT2D eigenvalue weighted by atomic mass is 9.93. The molecule has 3 heterocycles. The average molecular weight is 462 g/mol. The van der Waals surface area contributed by atoms with E-state index >= 15 is 0 Å². The van der Waals surface area contributed by atoms with Crippen molar-refractivity contribution in [2.24, 2.45) is 11.8 Å². The van der Waals surface area contributed by atoms with Gasteiger partial charge in [0.1, 0.15) is 23.8 Å². The quantitative estimate of drug-likeness (QED) is 0.479. The number of nitrogens with zero attached hydrogens (tertiary/aromatic N) is 4. The molecule has 1 fully saturated rings. The highest BCUT2D eigenvalue weighted by Gasteiger charge is 2.41. The lowest BCUT2D eigenvalue weighted by Gasteiger charge is -2.17. The van der Waals surface area contributed by atoms with Gasteiger partial charge in [0.05, 0.1) is 24.6 Å². The van der Waals surface area contributed by atoms with Crippen LogP contribution in [0.4, 0.5) is 5.82 Å². The van der Waals surface area contributed by atoms with Crippen LogP contribution < -0.4 is 10.5 Å². The van der Waals surface area contributed by atoms with Crippen LogP contribution >= 0.6 is 0 Å². The summed E-state index contributed by atoms with van der Waals surface area (Å²) >= 11 is 0. The first kappa shape index (κ1) is 21.9. The molecule has 0 radical (unpaired) electrons. The normalized spacial score (nSPS) is 23.4. The number of fused-ring (bicyclic) bond motifs is 1. The summed E-state index contributed by atoms with van der Waals surface area (Å²) < 4.78 is 39.1. The molecule has 0 saturated carbocycles. The summed E-state index contributed by atoms with van der Waals surface area (Å²) in [5.41, 5.74) is 6.61. The summed E-state index contributed by atoms with van der Waals surface area (Å²) in [4.78, 5) is 24.5. The number of benzene rings is 1. The van der Waals surface area contributed by atoms with Crippen LogP contribution in [-0.2, 0) is 19.2 Å². The Kier molecular flexibility index (Phi) is 5.71. The fourth-order valence-corrected chi connectivity index (χ4v) is 4.32. The maximum Gasteiger partial charge on any atom is 0.362 e. The van der Waals surface area contributed by atoms with Crippen LogP contribution in [0.1, 0.15) is 30.4 Å². The Labute approximate surface area is 183 Å². The van der Waals surface area contributed by atoms with Crippen molar-refractivity contribution in [2.45, 2.75) is 26.2 Å². The van der Waals surface area contributed by atoms with E-state index in [0.717, 1.165) is 0 Å². The Morgan fingerprint density at radius 1 is 1.25 bits per heavy atom. The lowest BCUT2D eigenvalue weighted by molar-refractivity contribution is -0.0284. The number of carbonyl (C=O) groups is 1. The van der Waals surface area contributed by atoms with Gasteiger partial charge in [-0.3, -0.25) is 13.5 Å². The van der Waals surface area contributed by atoms with Crippen molar-refractivity contribution in [3.8, 4) is 5.75 Å². The van der Waals surface area contributed by atoms with E-state index in [1.165, 1.54) is 30.6 Å². The Morgan fingerprint density at radius 2 is 2.00 bits per heavy atom. The van der Waals surface area contributed by atoms with E-state index in [1.54, 1.807) is 15.6 Å². The van der Waals surface area contributed by atoms with Gasteiger partial charge in [0, 0.05) is 5.92 Å². The van der Waals surface area contributed by atoms with E-state index < -0.39 is 28.5 Å². The highest BCUT2D eigenvalue weighted by Crippen LogP contribution is 2.40. The first-order chi connectivity index (χ1) is 15.2.